The molecule has 0 saturated heterocycles. The Bertz CT molecular complexity index is 476. The summed E-state index contributed by atoms with van der Waals surface area (Å²) in [4.78, 5) is 0. The summed E-state index contributed by atoms with van der Waals surface area (Å²) in [5.41, 5.74) is -2.83. The molecule has 0 aromatic heterocycles. The standard InChI is InChI=1S/C17H28O5/c1-15(21)12-3-2-9-5-16(12,7-11(9)19)8-14(20)17(22)6-10(18)4-13(15)17/h9-14,18-22H,2-8H2,1H3. The van der Waals surface area contributed by atoms with E-state index in [2.05, 4.69) is 0 Å². The number of aliphatic hydroxyl groups is 5. The van der Waals surface area contributed by atoms with E-state index in [-0.39, 0.29) is 29.8 Å². The lowest BCUT2D eigenvalue weighted by molar-refractivity contribution is -0.160. The van der Waals surface area contributed by atoms with Crippen LogP contribution in [0.5, 0.6) is 0 Å². The Labute approximate surface area is 131 Å². The summed E-state index contributed by atoms with van der Waals surface area (Å²) in [5.74, 6) is -0.284. The van der Waals surface area contributed by atoms with Crippen LogP contribution in [0.3, 0.4) is 0 Å². The molecule has 1 spiro atoms. The van der Waals surface area contributed by atoms with Crippen molar-refractivity contribution in [3.8, 4) is 0 Å². The van der Waals surface area contributed by atoms with Gasteiger partial charge in [-0.1, -0.05) is 0 Å². The van der Waals surface area contributed by atoms with Crippen molar-refractivity contribution in [3.05, 3.63) is 0 Å². The minimum atomic E-state index is -1.42. The molecule has 0 amide bonds. The van der Waals surface area contributed by atoms with Gasteiger partial charge in [0.1, 0.15) is 0 Å². The molecule has 4 aliphatic carbocycles. The first-order valence-corrected chi connectivity index (χ1v) is 8.68. The highest BCUT2D eigenvalue weighted by Crippen LogP contribution is 2.65. The highest BCUT2D eigenvalue weighted by molar-refractivity contribution is 5.18. The van der Waals surface area contributed by atoms with Crippen molar-refractivity contribution in [1.29, 1.82) is 0 Å². The molecule has 0 radical (unpaired) electrons. The summed E-state index contributed by atoms with van der Waals surface area (Å²) in [7, 11) is 0. The average molecular weight is 312 g/mol. The predicted molar refractivity (Wildman–Crippen MR) is 78.8 cm³/mol. The maximum absolute atomic E-state index is 11.4. The highest BCUT2D eigenvalue weighted by atomic mass is 16.4. The van der Waals surface area contributed by atoms with Gasteiger partial charge < -0.3 is 25.5 Å². The van der Waals surface area contributed by atoms with E-state index < -0.39 is 29.3 Å². The minimum absolute atomic E-state index is 0.0348. The van der Waals surface area contributed by atoms with Gasteiger partial charge in [0.25, 0.3) is 0 Å². The van der Waals surface area contributed by atoms with Gasteiger partial charge in [-0.05, 0) is 62.7 Å². The predicted octanol–water partition coefficient (Wildman–Crippen LogP) is 0.171. The molecule has 2 bridgehead atoms. The molecule has 126 valence electrons. The molecule has 0 aliphatic heterocycles. The van der Waals surface area contributed by atoms with Crippen LogP contribution in [0, 0.1) is 23.2 Å². The van der Waals surface area contributed by atoms with Crippen molar-refractivity contribution in [2.75, 3.05) is 0 Å². The summed E-state index contributed by atoms with van der Waals surface area (Å²) >= 11 is 0. The third-order valence-electron chi connectivity index (χ3n) is 7.66. The molecule has 9 unspecified atom stereocenters. The third-order valence-corrected chi connectivity index (χ3v) is 7.66. The average Bonchev–Trinajstić information content (AvgIpc) is 2.84. The lowest BCUT2D eigenvalue weighted by Gasteiger charge is -2.49. The number of hydrogen-bond acceptors (Lipinski definition) is 5. The minimum Gasteiger partial charge on any atom is -0.393 e. The molecule has 4 rings (SSSR count). The van der Waals surface area contributed by atoms with Gasteiger partial charge in [-0.3, -0.25) is 0 Å². The number of rotatable bonds is 0. The van der Waals surface area contributed by atoms with Gasteiger partial charge in [-0.2, -0.15) is 0 Å². The van der Waals surface area contributed by atoms with E-state index in [0.717, 1.165) is 19.3 Å². The number of hydrogen-bond donors (Lipinski definition) is 5. The van der Waals surface area contributed by atoms with Gasteiger partial charge in [-0.15, -0.1) is 0 Å². The first kappa shape index (κ1) is 15.3. The molecule has 4 saturated carbocycles. The Morgan fingerprint density at radius 3 is 2.32 bits per heavy atom. The zero-order valence-electron chi connectivity index (χ0n) is 13.1. The van der Waals surface area contributed by atoms with E-state index in [1.54, 1.807) is 6.92 Å². The van der Waals surface area contributed by atoms with Crippen LogP contribution in [-0.2, 0) is 0 Å². The monoisotopic (exact) mass is 312 g/mol. The summed E-state index contributed by atoms with van der Waals surface area (Å²) in [5, 5.41) is 53.5. The van der Waals surface area contributed by atoms with Crippen LogP contribution in [0.2, 0.25) is 0 Å². The van der Waals surface area contributed by atoms with Gasteiger partial charge in [0.05, 0.1) is 29.5 Å². The molecular weight excluding hydrogens is 284 g/mol. The largest absolute Gasteiger partial charge is 0.393 e. The van der Waals surface area contributed by atoms with Crippen LogP contribution < -0.4 is 0 Å². The van der Waals surface area contributed by atoms with Crippen LogP contribution >= 0.6 is 0 Å². The quantitative estimate of drug-likeness (QED) is 0.439. The zero-order valence-corrected chi connectivity index (χ0v) is 13.1. The zero-order chi connectivity index (χ0) is 15.9. The Balaban J connectivity index is 1.80. The number of aliphatic hydroxyl groups excluding tert-OH is 3. The molecule has 0 heterocycles. The van der Waals surface area contributed by atoms with Crippen LogP contribution in [0.1, 0.15) is 51.9 Å². The topological polar surface area (TPSA) is 101 Å². The van der Waals surface area contributed by atoms with Gasteiger partial charge in [0.15, 0.2) is 0 Å². The Morgan fingerprint density at radius 1 is 0.864 bits per heavy atom. The van der Waals surface area contributed by atoms with Crippen molar-refractivity contribution < 1.29 is 25.5 Å². The summed E-state index contributed by atoms with van der Waals surface area (Å²) in [6.45, 7) is 1.77. The molecule has 0 aromatic rings. The van der Waals surface area contributed by atoms with Gasteiger partial charge >= 0.3 is 0 Å². The van der Waals surface area contributed by atoms with E-state index in [4.69, 9.17) is 0 Å². The fraction of sp³-hybridized carbons (Fsp3) is 1.00. The smallest absolute Gasteiger partial charge is 0.0986 e. The second kappa shape index (κ2) is 4.45. The highest BCUT2D eigenvalue weighted by Gasteiger charge is 2.68. The van der Waals surface area contributed by atoms with E-state index in [1.807, 2.05) is 0 Å². The van der Waals surface area contributed by atoms with Crippen LogP contribution in [-0.4, -0.2) is 55.0 Å². The lowest BCUT2D eigenvalue weighted by Crippen LogP contribution is -2.55. The SMILES string of the molecule is CC1(O)C2CCC3CC2(CC3O)CC(O)C2(O)CC(O)CC12. The Hall–Kier alpha value is -0.200. The Morgan fingerprint density at radius 2 is 1.59 bits per heavy atom. The van der Waals surface area contributed by atoms with Gasteiger partial charge in [0, 0.05) is 12.3 Å². The molecule has 4 aliphatic rings. The number of fused-ring (bicyclic) bond motifs is 2. The van der Waals surface area contributed by atoms with E-state index in [9.17, 15) is 25.5 Å². The van der Waals surface area contributed by atoms with Crippen LogP contribution in [0.4, 0.5) is 0 Å². The van der Waals surface area contributed by atoms with Gasteiger partial charge in [-0.25, -0.2) is 0 Å². The molecule has 0 aromatic carbocycles. The second-order valence-electron chi connectivity index (χ2n) is 8.81. The maximum Gasteiger partial charge on any atom is 0.0986 e. The maximum atomic E-state index is 11.4. The second-order valence-corrected chi connectivity index (χ2v) is 8.81. The van der Waals surface area contributed by atoms with E-state index >= 15 is 0 Å². The molecule has 5 N–H and O–H groups in total. The normalized spacial score (nSPS) is 64.1. The Kier molecular flexibility index (Phi) is 3.10. The van der Waals surface area contributed by atoms with E-state index in [0.29, 0.717) is 19.3 Å². The molecule has 4 fully saturated rings. The van der Waals surface area contributed by atoms with Gasteiger partial charge in [0.2, 0.25) is 0 Å². The first-order chi connectivity index (χ1) is 10.2. The fourth-order valence-corrected chi connectivity index (χ4v) is 6.81. The first-order valence-electron chi connectivity index (χ1n) is 8.68. The van der Waals surface area contributed by atoms with Crippen molar-refractivity contribution >= 4 is 0 Å². The van der Waals surface area contributed by atoms with E-state index in [1.165, 1.54) is 0 Å². The molecule has 5 heteroatoms. The third kappa shape index (κ3) is 1.77. The summed E-state index contributed by atoms with van der Waals surface area (Å²) < 4.78 is 0. The van der Waals surface area contributed by atoms with Crippen molar-refractivity contribution in [1.82, 2.24) is 0 Å². The molecule has 5 nitrogen and oxygen atoms in total. The fourth-order valence-electron chi connectivity index (χ4n) is 6.81. The van der Waals surface area contributed by atoms with Crippen molar-refractivity contribution in [2.24, 2.45) is 23.2 Å². The molecular formula is C17H28O5. The molecule has 9 atom stereocenters. The van der Waals surface area contributed by atoms with Crippen molar-refractivity contribution in [3.63, 3.8) is 0 Å². The molecule has 22 heavy (non-hydrogen) atoms. The van der Waals surface area contributed by atoms with Crippen molar-refractivity contribution in [2.45, 2.75) is 81.4 Å². The van der Waals surface area contributed by atoms with Crippen LogP contribution in [0.15, 0.2) is 0 Å². The summed E-state index contributed by atoms with van der Waals surface area (Å²) in [6.07, 6.45) is 2.07. The lowest BCUT2D eigenvalue weighted by atomic mass is 9.59. The summed E-state index contributed by atoms with van der Waals surface area (Å²) in [6, 6.07) is 0. The van der Waals surface area contributed by atoms with Crippen LogP contribution in [0.25, 0.3) is 0 Å².